The SMILES string of the molecule is COc1ccc(C(=O)N/N=C\c2ccc(OC(F)F)c(OC)c2)cc1. The van der Waals surface area contributed by atoms with E-state index >= 15 is 0 Å². The molecule has 132 valence electrons. The lowest BCUT2D eigenvalue weighted by Gasteiger charge is -2.09. The molecule has 0 bridgehead atoms. The zero-order valence-corrected chi connectivity index (χ0v) is 13.5. The molecule has 0 aliphatic heterocycles. The summed E-state index contributed by atoms with van der Waals surface area (Å²) in [5, 5.41) is 3.83. The van der Waals surface area contributed by atoms with E-state index in [9.17, 15) is 13.6 Å². The molecule has 1 N–H and O–H groups in total. The predicted octanol–water partition coefficient (Wildman–Crippen LogP) is 3.07. The van der Waals surface area contributed by atoms with Crippen molar-refractivity contribution in [1.29, 1.82) is 0 Å². The molecule has 0 atom stereocenters. The maximum absolute atomic E-state index is 12.3. The number of nitrogens with one attached hydrogen (secondary N) is 1. The van der Waals surface area contributed by atoms with Crippen molar-refractivity contribution in [1.82, 2.24) is 5.43 Å². The molecule has 0 fully saturated rings. The van der Waals surface area contributed by atoms with Crippen molar-refractivity contribution in [2.75, 3.05) is 14.2 Å². The van der Waals surface area contributed by atoms with Crippen molar-refractivity contribution in [3.8, 4) is 17.2 Å². The molecule has 0 saturated carbocycles. The fourth-order valence-corrected chi connectivity index (χ4v) is 1.93. The van der Waals surface area contributed by atoms with Gasteiger partial charge >= 0.3 is 6.61 Å². The summed E-state index contributed by atoms with van der Waals surface area (Å²) in [6.07, 6.45) is 1.36. The lowest BCUT2D eigenvalue weighted by molar-refractivity contribution is -0.0512. The van der Waals surface area contributed by atoms with Crippen molar-refractivity contribution in [2.24, 2.45) is 5.10 Å². The number of hydrogen-bond acceptors (Lipinski definition) is 5. The van der Waals surface area contributed by atoms with Crippen LogP contribution < -0.4 is 19.6 Å². The van der Waals surface area contributed by atoms with E-state index in [1.54, 1.807) is 24.3 Å². The quantitative estimate of drug-likeness (QED) is 0.615. The van der Waals surface area contributed by atoms with E-state index < -0.39 is 12.5 Å². The van der Waals surface area contributed by atoms with E-state index in [-0.39, 0.29) is 11.5 Å². The Kier molecular flexibility index (Phi) is 6.27. The molecule has 0 aliphatic carbocycles. The van der Waals surface area contributed by atoms with Gasteiger partial charge in [0.25, 0.3) is 5.91 Å². The standard InChI is InChI=1S/C17H16F2N2O4/c1-23-13-6-4-12(5-7-13)16(22)21-20-10-11-3-8-14(25-17(18)19)15(9-11)24-2/h3-10,17H,1-2H3,(H,21,22)/b20-10-. The third-order valence-electron chi connectivity index (χ3n) is 3.14. The van der Waals surface area contributed by atoms with Gasteiger partial charge in [0.1, 0.15) is 5.75 Å². The second-order valence-corrected chi connectivity index (χ2v) is 4.72. The van der Waals surface area contributed by atoms with Crippen molar-refractivity contribution in [2.45, 2.75) is 6.61 Å². The zero-order valence-electron chi connectivity index (χ0n) is 13.5. The first-order chi connectivity index (χ1) is 12.0. The summed E-state index contributed by atoms with van der Waals surface area (Å²) in [5.74, 6) is 0.282. The van der Waals surface area contributed by atoms with Crippen molar-refractivity contribution in [3.63, 3.8) is 0 Å². The Morgan fingerprint density at radius 2 is 1.80 bits per heavy atom. The maximum atomic E-state index is 12.3. The van der Waals surface area contributed by atoms with Crippen LogP contribution in [0.2, 0.25) is 0 Å². The number of rotatable bonds is 7. The minimum atomic E-state index is -2.95. The van der Waals surface area contributed by atoms with Gasteiger partial charge in [-0.25, -0.2) is 5.43 Å². The van der Waals surface area contributed by atoms with E-state index in [1.807, 2.05) is 0 Å². The highest BCUT2D eigenvalue weighted by atomic mass is 19.3. The molecule has 0 radical (unpaired) electrons. The number of halogens is 2. The van der Waals surface area contributed by atoms with E-state index in [0.29, 0.717) is 16.9 Å². The lowest BCUT2D eigenvalue weighted by Crippen LogP contribution is -2.17. The molecule has 0 spiro atoms. The van der Waals surface area contributed by atoms with Gasteiger partial charge in [0.2, 0.25) is 0 Å². The van der Waals surface area contributed by atoms with Crippen LogP contribution in [0.15, 0.2) is 47.6 Å². The molecule has 1 amide bonds. The van der Waals surface area contributed by atoms with Gasteiger partial charge in [-0.2, -0.15) is 13.9 Å². The second-order valence-electron chi connectivity index (χ2n) is 4.72. The van der Waals surface area contributed by atoms with Gasteiger partial charge in [-0.3, -0.25) is 4.79 Å². The summed E-state index contributed by atoms with van der Waals surface area (Å²) in [4.78, 5) is 11.9. The molecule has 6 nitrogen and oxygen atoms in total. The summed E-state index contributed by atoms with van der Waals surface area (Å²) >= 11 is 0. The highest BCUT2D eigenvalue weighted by Crippen LogP contribution is 2.28. The average molecular weight is 350 g/mol. The third kappa shape index (κ3) is 5.17. The number of benzene rings is 2. The van der Waals surface area contributed by atoms with Gasteiger partial charge in [-0.15, -0.1) is 0 Å². The van der Waals surface area contributed by atoms with Gasteiger partial charge in [0, 0.05) is 5.56 Å². The molecule has 2 aromatic carbocycles. The first kappa shape index (κ1) is 18.2. The fraction of sp³-hybridized carbons (Fsp3) is 0.176. The van der Waals surface area contributed by atoms with Crippen LogP contribution in [-0.4, -0.2) is 33.0 Å². The van der Waals surface area contributed by atoms with Crippen LogP contribution in [-0.2, 0) is 0 Å². The average Bonchev–Trinajstić information content (AvgIpc) is 2.62. The number of amides is 1. The van der Waals surface area contributed by atoms with Crippen molar-refractivity contribution < 1.29 is 27.8 Å². The van der Waals surface area contributed by atoms with Crippen LogP contribution >= 0.6 is 0 Å². The minimum absolute atomic E-state index is 0.0862. The summed E-state index contributed by atoms with van der Waals surface area (Å²) in [6, 6.07) is 10.8. The van der Waals surface area contributed by atoms with Gasteiger partial charge in [0.15, 0.2) is 11.5 Å². The van der Waals surface area contributed by atoms with E-state index in [1.165, 1.54) is 38.6 Å². The monoisotopic (exact) mass is 350 g/mol. The predicted molar refractivity (Wildman–Crippen MR) is 87.7 cm³/mol. The number of hydrogen-bond donors (Lipinski definition) is 1. The van der Waals surface area contributed by atoms with Crippen LogP contribution in [0, 0.1) is 0 Å². The van der Waals surface area contributed by atoms with E-state index in [0.717, 1.165) is 0 Å². The summed E-state index contributed by atoms with van der Waals surface area (Å²) in [5.41, 5.74) is 3.32. The third-order valence-corrected chi connectivity index (χ3v) is 3.14. The van der Waals surface area contributed by atoms with Crippen LogP contribution in [0.5, 0.6) is 17.2 Å². The zero-order chi connectivity index (χ0) is 18.2. The Morgan fingerprint density at radius 3 is 2.40 bits per heavy atom. The lowest BCUT2D eigenvalue weighted by atomic mass is 10.2. The fourth-order valence-electron chi connectivity index (χ4n) is 1.93. The number of carbonyl (C=O) groups is 1. The van der Waals surface area contributed by atoms with E-state index in [4.69, 9.17) is 9.47 Å². The normalized spacial score (nSPS) is 10.8. The molecule has 2 aromatic rings. The van der Waals surface area contributed by atoms with Gasteiger partial charge in [0.05, 0.1) is 20.4 Å². The number of alkyl halides is 2. The summed E-state index contributed by atoms with van der Waals surface area (Å²) in [7, 11) is 2.87. The number of methoxy groups -OCH3 is 2. The summed E-state index contributed by atoms with van der Waals surface area (Å²) in [6.45, 7) is -2.95. The Hall–Kier alpha value is -3.16. The van der Waals surface area contributed by atoms with E-state index in [2.05, 4.69) is 15.3 Å². The smallest absolute Gasteiger partial charge is 0.387 e. The molecule has 0 unspecified atom stereocenters. The van der Waals surface area contributed by atoms with Crippen molar-refractivity contribution in [3.05, 3.63) is 53.6 Å². The highest BCUT2D eigenvalue weighted by molar-refractivity contribution is 5.95. The molecule has 2 rings (SSSR count). The summed E-state index contributed by atoms with van der Waals surface area (Å²) < 4.78 is 38.9. The van der Waals surface area contributed by atoms with Crippen molar-refractivity contribution >= 4 is 12.1 Å². The molecular formula is C17H16F2N2O4. The molecular weight excluding hydrogens is 334 g/mol. The maximum Gasteiger partial charge on any atom is 0.387 e. The highest BCUT2D eigenvalue weighted by Gasteiger charge is 2.10. The number of carbonyl (C=O) groups excluding carboxylic acids is 1. The number of hydrazone groups is 1. The van der Waals surface area contributed by atoms with Gasteiger partial charge < -0.3 is 14.2 Å². The first-order valence-corrected chi connectivity index (χ1v) is 7.14. The molecule has 0 aromatic heterocycles. The van der Waals surface area contributed by atoms with Crippen LogP contribution in [0.25, 0.3) is 0 Å². The molecule has 0 aliphatic rings. The topological polar surface area (TPSA) is 69.2 Å². The largest absolute Gasteiger partial charge is 0.497 e. The number of ether oxygens (including phenoxy) is 3. The first-order valence-electron chi connectivity index (χ1n) is 7.14. The molecule has 8 heteroatoms. The Balaban J connectivity index is 2.02. The Labute approximate surface area is 143 Å². The Morgan fingerprint density at radius 1 is 1.08 bits per heavy atom. The Bertz CT molecular complexity index is 749. The van der Waals surface area contributed by atoms with Gasteiger partial charge in [-0.05, 0) is 48.0 Å². The van der Waals surface area contributed by atoms with Crippen LogP contribution in [0.4, 0.5) is 8.78 Å². The second kappa shape index (κ2) is 8.62. The van der Waals surface area contributed by atoms with Crippen LogP contribution in [0.3, 0.4) is 0 Å². The number of nitrogens with zero attached hydrogens (tertiary/aromatic N) is 1. The van der Waals surface area contributed by atoms with Crippen LogP contribution in [0.1, 0.15) is 15.9 Å². The van der Waals surface area contributed by atoms with Gasteiger partial charge in [-0.1, -0.05) is 0 Å². The molecule has 0 heterocycles. The molecule has 25 heavy (non-hydrogen) atoms. The molecule has 0 saturated heterocycles. The minimum Gasteiger partial charge on any atom is -0.497 e.